The fourth-order valence-electron chi connectivity index (χ4n) is 4.81. The summed E-state index contributed by atoms with van der Waals surface area (Å²) in [5.41, 5.74) is 5.44. The number of para-hydroxylation sites is 2. The number of aromatic nitrogens is 2. The minimum absolute atomic E-state index is 0.0738. The van der Waals surface area contributed by atoms with E-state index in [0.717, 1.165) is 52.2 Å². The maximum Gasteiger partial charge on any atom is 0.227 e. The third-order valence-corrected chi connectivity index (χ3v) is 7.22. The van der Waals surface area contributed by atoms with E-state index in [1.54, 1.807) is 0 Å². The Morgan fingerprint density at radius 3 is 2.66 bits per heavy atom. The van der Waals surface area contributed by atoms with Gasteiger partial charge in [-0.15, -0.1) is 0 Å². The van der Waals surface area contributed by atoms with Gasteiger partial charge in [-0.05, 0) is 80.3 Å². The number of imidazole rings is 1. The Kier molecular flexibility index (Phi) is 6.91. The van der Waals surface area contributed by atoms with Crippen molar-refractivity contribution in [3.8, 4) is 5.75 Å². The standard InChI is InChI=1S/C29H30BrN3O2/c1-20-9-10-21(2)27(17-20)35-16-6-5-15-32-26-8-4-3-7-25(26)31-29(32)22-18-28(34)33(19-22)24-13-11-23(30)12-14-24/h3-4,7-14,17,22H,5-6,15-16,18-19H2,1-2H3. The number of hydrogen-bond acceptors (Lipinski definition) is 3. The predicted octanol–water partition coefficient (Wildman–Crippen LogP) is 6.80. The van der Waals surface area contributed by atoms with E-state index in [1.165, 1.54) is 11.1 Å². The van der Waals surface area contributed by atoms with Crippen LogP contribution in [0.25, 0.3) is 11.0 Å². The molecule has 35 heavy (non-hydrogen) atoms. The number of halogens is 1. The Labute approximate surface area is 214 Å². The van der Waals surface area contributed by atoms with Gasteiger partial charge >= 0.3 is 0 Å². The van der Waals surface area contributed by atoms with Crippen molar-refractivity contribution in [1.29, 1.82) is 0 Å². The van der Waals surface area contributed by atoms with Gasteiger partial charge in [0.1, 0.15) is 11.6 Å². The van der Waals surface area contributed by atoms with Crippen LogP contribution in [0.4, 0.5) is 5.69 Å². The zero-order valence-corrected chi connectivity index (χ0v) is 21.8. The summed E-state index contributed by atoms with van der Waals surface area (Å²) in [7, 11) is 0. The second kappa shape index (κ2) is 10.2. The molecule has 1 unspecified atom stereocenters. The summed E-state index contributed by atoms with van der Waals surface area (Å²) in [6, 6.07) is 22.5. The van der Waals surface area contributed by atoms with E-state index in [4.69, 9.17) is 9.72 Å². The summed E-state index contributed by atoms with van der Waals surface area (Å²) in [4.78, 5) is 19.8. The minimum atomic E-state index is 0.0738. The molecule has 1 aromatic heterocycles. The Morgan fingerprint density at radius 1 is 1.03 bits per heavy atom. The lowest BCUT2D eigenvalue weighted by molar-refractivity contribution is -0.117. The highest BCUT2D eigenvalue weighted by atomic mass is 79.9. The molecule has 1 atom stereocenters. The molecule has 0 saturated carbocycles. The number of rotatable bonds is 8. The molecule has 4 aromatic rings. The number of ether oxygens (including phenoxy) is 1. The Bertz CT molecular complexity index is 1350. The van der Waals surface area contributed by atoms with Crippen molar-refractivity contribution in [3.05, 3.63) is 88.2 Å². The van der Waals surface area contributed by atoms with Gasteiger partial charge in [0.15, 0.2) is 0 Å². The molecule has 1 aliphatic heterocycles. The first kappa shape index (κ1) is 23.6. The van der Waals surface area contributed by atoms with Gasteiger partial charge in [-0.1, -0.05) is 40.2 Å². The average molecular weight is 532 g/mol. The number of carbonyl (C=O) groups excluding carboxylic acids is 1. The van der Waals surface area contributed by atoms with Crippen LogP contribution >= 0.6 is 15.9 Å². The molecule has 6 heteroatoms. The van der Waals surface area contributed by atoms with Gasteiger partial charge in [-0.3, -0.25) is 4.79 Å². The fraction of sp³-hybridized carbons (Fsp3) is 0.310. The molecule has 2 heterocycles. The third kappa shape index (κ3) is 5.13. The predicted molar refractivity (Wildman–Crippen MR) is 144 cm³/mol. The molecule has 0 bridgehead atoms. The molecule has 3 aromatic carbocycles. The molecular weight excluding hydrogens is 502 g/mol. The van der Waals surface area contributed by atoms with E-state index in [-0.39, 0.29) is 11.8 Å². The molecular formula is C29H30BrN3O2. The fourth-order valence-corrected chi connectivity index (χ4v) is 5.07. The van der Waals surface area contributed by atoms with Crippen LogP contribution < -0.4 is 9.64 Å². The van der Waals surface area contributed by atoms with Crippen molar-refractivity contribution in [1.82, 2.24) is 9.55 Å². The first-order valence-corrected chi connectivity index (χ1v) is 13.0. The Hall–Kier alpha value is -3.12. The van der Waals surface area contributed by atoms with Crippen LogP contribution in [-0.4, -0.2) is 28.6 Å². The molecule has 1 fully saturated rings. The van der Waals surface area contributed by atoms with Crippen molar-refractivity contribution in [2.75, 3.05) is 18.1 Å². The topological polar surface area (TPSA) is 47.4 Å². The Morgan fingerprint density at radius 2 is 1.83 bits per heavy atom. The lowest BCUT2D eigenvalue weighted by Crippen LogP contribution is -2.24. The van der Waals surface area contributed by atoms with Crippen LogP contribution in [0.2, 0.25) is 0 Å². The highest BCUT2D eigenvalue weighted by molar-refractivity contribution is 9.10. The first-order chi connectivity index (χ1) is 17.0. The SMILES string of the molecule is Cc1ccc(C)c(OCCCCn2c(C3CC(=O)N(c4ccc(Br)cc4)C3)nc3ccccc32)c1. The van der Waals surface area contributed by atoms with Crippen molar-refractivity contribution in [2.24, 2.45) is 0 Å². The summed E-state index contributed by atoms with van der Waals surface area (Å²) >= 11 is 3.48. The van der Waals surface area contributed by atoms with Crippen LogP contribution in [0.1, 0.15) is 42.1 Å². The van der Waals surface area contributed by atoms with E-state index in [9.17, 15) is 4.79 Å². The average Bonchev–Trinajstić information content (AvgIpc) is 3.42. The van der Waals surface area contributed by atoms with Crippen molar-refractivity contribution < 1.29 is 9.53 Å². The van der Waals surface area contributed by atoms with Crippen LogP contribution in [0.5, 0.6) is 5.75 Å². The molecule has 0 N–H and O–H groups in total. The van der Waals surface area contributed by atoms with Gasteiger partial charge in [-0.2, -0.15) is 0 Å². The van der Waals surface area contributed by atoms with Crippen molar-refractivity contribution >= 4 is 38.6 Å². The van der Waals surface area contributed by atoms with E-state index in [2.05, 4.69) is 70.7 Å². The van der Waals surface area contributed by atoms with Crippen molar-refractivity contribution in [2.45, 2.75) is 45.6 Å². The summed E-state index contributed by atoms with van der Waals surface area (Å²) < 4.78 is 9.38. The summed E-state index contributed by atoms with van der Waals surface area (Å²) in [6.07, 6.45) is 2.42. The number of nitrogens with zero attached hydrogens (tertiary/aromatic N) is 3. The highest BCUT2D eigenvalue weighted by Crippen LogP contribution is 2.34. The van der Waals surface area contributed by atoms with E-state index in [1.807, 2.05) is 35.2 Å². The minimum Gasteiger partial charge on any atom is -0.493 e. The third-order valence-electron chi connectivity index (χ3n) is 6.69. The smallest absolute Gasteiger partial charge is 0.227 e. The summed E-state index contributed by atoms with van der Waals surface area (Å²) in [5, 5.41) is 0. The number of carbonyl (C=O) groups is 1. The molecule has 0 aliphatic carbocycles. The lowest BCUT2D eigenvalue weighted by Gasteiger charge is -2.17. The first-order valence-electron chi connectivity index (χ1n) is 12.2. The maximum absolute atomic E-state index is 12.9. The van der Waals surface area contributed by atoms with Crippen molar-refractivity contribution in [3.63, 3.8) is 0 Å². The van der Waals surface area contributed by atoms with Gasteiger partial charge in [-0.25, -0.2) is 4.98 Å². The van der Waals surface area contributed by atoms with Crippen LogP contribution in [-0.2, 0) is 11.3 Å². The van der Waals surface area contributed by atoms with Gasteiger partial charge in [0.25, 0.3) is 0 Å². The molecule has 0 radical (unpaired) electrons. The van der Waals surface area contributed by atoms with Gasteiger partial charge in [0.05, 0.1) is 17.6 Å². The van der Waals surface area contributed by atoms with Gasteiger partial charge in [0, 0.05) is 35.6 Å². The monoisotopic (exact) mass is 531 g/mol. The maximum atomic E-state index is 12.9. The second-order valence-electron chi connectivity index (χ2n) is 9.32. The van der Waals surface area contributed by atoms with E-state index >= 15 is 0 Å². The number of fused-ring (bicyclic) bond motifs is 1. The van der Waals surface area contributed by atoms with Crippen LogP contribution in [0.15, 0.2) is 71.2 Å². The van der Waals surface area contributed by atoms with E-state index < -0.39 is 0 Å². The summed E-state index contributed by atoms with van der Waals surface area (Å²) in [6.45, 7) is 6.36. The molecule has 1 aliphatic rings. The Balaban J connectivity index is 1.29. The van der Waals surface area contributed by atoms with Crippen LogP contribution in [0, 0.1) is 13.8 Å². The second-order valence-corrected chi connectivity index (χ2v) is 10.2. The highest BCUT2D eigenvalue weighted by Gasteiger charge is 2.34. The number of amides is 1. The van der Waals surface area contributed by atoms with Gasteiger partial charge < -0.3 is 14.2 Å². The van der Waals surface area contributed by atoms with E-state index in [0.29, 0.717) is 19.6 Å². The number of unbranched alkanes of at least 4 members (excludes halogenated alkanes) is 1. The molecule has 5 rings (SSSR count). The molecule has 5 nitrogen and oxygen atoms in total. The molecule has 1 saturated heterocycles. The normalized spacial score (nSPS) is 15.8. The molecule has 0 spiro atoms. The number of hydrogen-bond donors (Lipinski definition) is 0. The number of benzene rings is 3. The zero-order valence-electron chi connectivity index (χ0n) is 20.2. The zero-order chi connectivity index (χ0) is 24.4. The molecule has 180 valence electrons. The van der Waals surface area contributed by atoms with Crippen LogP contribution in [0.3, 0.4) is 0 Å². The quantitative estimate of drug-likeness (QED) is 0.235. The molecule has 1 amide bonds. The summed E-state index contributed by atoms with van der Waals surface area (Å²) in [5.74, 6) is 2.20. The number of aryl methyl sites for hydroxylation is 3. The van der Waals surface area contributed by atoms with Gasteiger partial charge in [0.2, 0.25) is 5.91 Å². The lowest BCUT2D eigenvalue weighted by atomic mass is 10.1. The number of anilines is 1. The largest absolute Gasteiger partial charge is 0.493 e.